The molecule has 5 heteroatoms. The fraction of sp³-hybridized carbons (Fsp3) is 0.889. The quantitative estimate of drug-likeness (QED) is 0.604. The summed E-state index contributed by atoms with van der Waals surface area (Å²) in [6, 6.07) is -0.469. The standard InChI is InChI=1S/C9H20N2O3/c1-8(10)9(12)11(4-6-13-2)5-7-14-3/h8H,4-7,10H2,1-3H3/t8-/m0/s1. The summed E-state index contributed by atoms with van der Waals surface area (Å²) < 4.78 is 9.81. The topological polar surface area (TPSA) is 64.8 Å². The van der Waals surface area contributed by atoms with E-state index in [0.717, 1.165) is 0 Å². The highest BCUT2D eigenvalue weighted by molar-refractivity contribution is 5.81. The zero-order chi connectivity index (χ0) is 11.0. The molecule has 0 aliphatic rings. The number of hydrogen-bond donors (Lipinski definition) is 1. The molecule has 0 aromatic heterocycles. The normalized spacial score (nSPS) is 12.6. The predicted octanol–water partition coefficient (Wildman–Crippen LogP) is -0.545. The number of ether oxygens (including phenoxy) is 2. The zero-order valence-electron chi connectivity index (χ0n) is 9.16. The summed E-state index contributed by atoms with van der Waals surface area (Å²) in [6.07, 6.45) is 0. The van der Waals surface area contributed by atoms with Gasteiger partial charge in [0.15, 0.2) is 0 Å². The molecule has 0 radical (unpaired) electrons. The molecule has 2 N–H and O–H groups in total. The van der Waals surface area contributed by atoms with E-state index in [1.165, 1.54) is 0 Å². The molecule has 0 bridgehead atoms. The average Bonchev–Trinajstić information content (AvgIpc) is 2.17. The molecule has 0 unspecified atom stereocenters. The molecule has 0 aromatic rings. The summed E-state index contributed by atoms with van der Waals surface area (Å²) in [7, 11) is 3.20. The Morgan fingerprint density at radius 3 is 2.00 bits per heavy atom. The highest BCUT2D eigenvalue weighted by atomic mass is 16.5. The van der Waals surface area contributed by atoms with Gasteiger partial charge in [0.25, 0.3) is 0 Å². The lowest BCUT2D eigenvalue weighted by molar-refractivity contribution is -0.133. The largest absolute Gasteiger partial charge is 0.383 e. The van der Waals surface area contributed by atoms with E-state index < -0.39 is 6.04 Å². The molecule has 0 aliphatic heterocycles. The van der Waals surface area contributed by atoms with Gasteiger partial charge in [-0.3, -0.25) is 4.79 Å². The number of methoxy groups -OCH3 is 2. The number of nitrogens with two attached hydrogens (primary N) is 1. The van der Waals surface area contributed by atoms with E-state index in [4.69, 9.17) is 15.2 Å². The van der Waals surface area contributed by atoms with Crippen LogP contribution in [0.25, 0.3) is 0 Å². The van der Waals surface area contributed by atoms with Crippen molar-refractivity contribution in [1.82, 2.24) is 4.90 Å². The van der Waals surface area contributed by atoms with Crippen LogP contribution >= 0.6 is 0 Å². The van der Waals surface area contributed by atoms with Crippen LogP contribution in [0.15, 0.2) is 0 Å². The SMILES string of the molecule is COCCN(CCOC)C(=O)[C@H](C)N. The van der Waals surface area contributed by atoms with E-state index in [1.54, 1.807) is 26.0 Å². The van der Waals surface area contributed by atoms with Gasteiger partial charge in [-0.05, 0) is 6.92 Å². The molecule has 0 heterocycles. The third-order valence-electron chi connectivity index (χ3n) is 1.83. The van der Waals surface area contributed by atoms with Crippen molar-refractivity contribution in [2.45, 2.75) is 13.0 Å². The molecular weight excluding hydrogens is 184 g/mol. The molecule has 0 rings (SSSR count). The number of rotatable bonds is 7. The van der Waals surface area contributed by atoms with Gasteiger partial charge in [0.1, 0.15) is 0 Å². The van der Waals surface area contributed by atoms with Crippen molar-refractivity contribution in [3.63, 3.8) is 0 Å². The Balaban J connectivity index is 4.01. The van der Waals surface area contributed by atoms with Crippen LogP contribution in [0.5, 0.6) is 0 Å². The van der Waals surface area contributed by atoms with Crippen LogP contribution in [0.2, 0.25) is 0 Å². The van der Waals surface area contributed by atoms with Gasteiger partial charge in [0.2, 0.25) is 5.91 Å². The predicted molar refractivity (Wildman–Crippen MR) is 54.0 cm³/mol. The third kappa shape index (κ3) is 5.16. The maximum absolute atomic E-state index is 11.5. The Hall–Kier alpha value is -0.650. The second kappa shape index (κ2) is 7.73. The Kier molecular flexibility index (Phi) is 7.37. The Bertz CT molecular complexity index is 154. The van der Waals surface area contributed by atoms with Crippen molar-refractivity contribution >= 4 is 5.91 Å². The highest BCUT2D eigenvalue weighted by Crippen LogP contribution is 1.93. The lowest BCUT2D eigenvalue weighted by atomic mass is 10.3. The van der Waals surface area contributed by atoms with Crippen molar-refractivity contribution in [2.75, 3.05) is 40.5 Å². The number of hydrogen-bond acceptors (Lipinski definition) is 4. The van der Waals surface area contributed by atoms with Crippen molar-refractivity contribution < 1.29 is 14.3 Å². The first-order chi connectivity index (χ1) is 6.63. The second-order valence-electron chi connectivity index (χ2n) is 3.10. The van der Waals surface area contributed by atoms with Crippen LogP contribution < -0.4 is 5.73 Å². The van der Waals surface area contributed by atoms with Gasteiger partial charge >= 0.3 is 0 Å². The summed E-state index contributed by atoms with van der Waals surface area (Å²) in [5.41, 5.74) is 5.51. The van der Waals surface area contributed by atoms with Crippen molar-refractivity contribution in [3.05, 3.63) is 0 Å². The van der Waals surface area contributed by atoms with Crippen LogP contribution in [-0.4, -0.2) is 57.4 Å². The summed E-state index contributed by atoms with van der Waals surface area (Å²) in [6.45, 7) is 3.82. The maximum atomic E-state index is 11.5. The van der Waals surface area contributed by atoms with E-state index >= 15 is 0 Å². The van der Waals surface area contributed by atoms with Gasteiger partial charge in [-0.1, -0.05) is 0 Å². The molecule has 0 aliphatic carbocycles. The van der Waals surface area contributed by atoms with E-state index in [2.05, 4.69) is 0 Å². The molecule has 0 saturated carbocycles. The minimum atomic E-state index is -0.469. The van der Waals surface area contributed by atoms with Crippen molar-refractivity contribution in [3.8, 4) is 0 Å². The molecule has 14 heavy (non-hydrogen) atoms. The summed E-state index contributed by atoms with van der Waals surface area (Å²) >= 11 is 0. The molecule has 5 nitrogen and oxygen atoms in total. The van der Waals surface area contributed by atoms with Gasteiger partial charge in [0, 0.05) is 27.3 Å². The fourth-order valence-corrected chi connectivity index (χ4v) is 1.02. The molecule has 0 saturated heterocycles. The van der Waals surface area contributed by atoms with Gasteiger partial charge in [-0.15, -0.1) is 0 Å². The lowest BCUT2D eigenvalue weighted by Gasteiger charge is -2.23. The van der Waals surface area contributed by atoms with Gasteiger partial charge in [-0.25, -0.2) is 0 Å². The summed E-state index contributed by atoms with van der Waals surface area (Å²) in [5.74, 6) is -0.0703. The number of carbonyl (C=O) groups excluding carboxylic acids is 1. The van der Waals surface area contributed by atoms with Crippen LogP contribution in [0.3, 0.4) is 0 Å². The van der Waals surface area contributed by atoms with Crippen molar-refractivity contribution in [1.29, 1.82) is 0 Å². The van der Waals surface area contributed by atoms with E-state index in [-0.39, 0.29) is 5.91 Å². The number of carbonyl (C=O) groups is 1. The van der Waals surface area contributed by atoms with Crippen LogP contribution in [-0.2, 0) is 14.3 Å². The average molecular weight is 204 g/mol. The van der Waals surface area contributed by atoms with Crippen LogP contribution in [0, 0.1) is 0 Å². The summed E-state index contributed by atoms with van der Waals surface area (Å²) in [5, 5.41) is 0. The first kappa shape index (κ1) is 13.4. The maximum Gasteiger partial charge on any atom is 0.239 e. The smallest absolute Gasteiger partial charge is 0.239 e. The van der Waals surface area contributed by atoms with E-state index in [1.807, 2.05) is 0 Å². The first-order valence-electron chi connectivity index (χ1n) is 4.65. The molecule has 0 fully saturated rings. The number of amides is 1. The molecule has 1 atom stereocenters. The molecule has 1 amide bonds. The molecular formula is C9H20N2O3. The Morgan fingerprint density at radius 1 is 1.29 bits per heavy atom. The second-order valence-corrected chi connectivity index (χ2v) is 3.10. The van der Waals surface area contributed by atoms with Gasteiger partial charge < -0.3 is 20.1 Å². The minimum Gasteiger partial charge on any atom is -0.383 e. The molecule has 0 spiro atoms. The van der Waals surface area contributed by atoms with Crippen LogP contribution in [0.1, 0.15) is 6.92 Å². The van der Waals surface area contributed by atoms with Crippen molar-refractivity contribution in [2.24, 2.45) is 5.73 Å². The summed E-state index contributed by atoms with van der Waals surface area (Å²) in [4.78, 5) is 13.2. The Morgan fingerprint density at radius 2 is 1.71 bits per heavy atom. The third-order valence-corrected chi connectivity index (χ3v) is 1.83. The van der Waals surface area contributed by atoms with E-state index in [9.17, 15) is 4.79 Å². The van der Waals surface area contributed by atoms with Gasteiger partial charge in [-0.2, -0.15) is 0 Å². The fourth-order valence-electron chi connectivity index (χ4n) is 1.02. The number of nitrogens with zero attached hydrogens (tertiary/aromatic N) is 1. The monoisotopic (exact) mass is 204 g/mol. The molecule has 0 aromatic carbocycles. The minimum absolute atomic E-state index is 0.0703. The molecule has 84 valence electrons. The highest BCUT2D eigenvalue weighted by Gasteiger charge is 2.16. The first-order valence-corrected chi connectivity index (χ1v) is 4.65. The zero-order valence-corrected chi connectivity index (χ0v) is 9.16. The van der Waals surface area contributed by atoms with Gasteiger partial charge in [0.05, 0.1) is 19.3 Å². The Labute approximate surface area is 85.1 Å². The van der Waals surface area contributed by atoms with Crippen LogP contribution in [0.4, 0.5) is 0 Å². The lowest BCUT2D eigenvalue weighted by Crippen LogP contribution is -2.44. The van der Waals surface area contributed by atoms with E-state index in [0.29, 0.717) is 26.3 Å².